The number of carbonyl (C=O) groups excluding carboxylic acids is 1. The van der Waals surface area contributed by atoms with Crippen molar-refractivity contribution in [2.75, 3.05) is 34.2 Å². The molecule has 0 aliphatic carbocycles. The van der Waals surface area contributed by atoms with Gasteiger partial charge in [0.15, 0.2) is 0 Å². The molecule has 0 aliphatic heterocycles. The average molecular weight is 229 g/mol. The fourth-order valence-corrected chi connectivity index (χ4v) is 1.77. The van der Waals surface area contributed by atoms with Crippen molar-refractivity contribution < 1.29 is 4.79 Å². The van der Waals surface area contributed by atoms with Crippen molar-refractivity contribution in [2.45, 2.75) is 39.7 Å². The van der Waals surface area contributed by atoms with Crippen LogP contribution in [0, 0.1) is 0 Å². The summed E-state index contributed by atoms with van der Waals surface area (Å²) in [7, 11) is 5.93. The quantitative estimate of drug-likeness (QED) is 0.667. The highest BCUT2D eigenvalue weighted by atomic mass is 16.2. The van der Waals surface area contributed by atoms with E-state index in [1.54, 1.807) is 4.90 Å². The van der Waals surface area contributed by atoms with E-state index in [9.17, 15) is 4.79 Å². The minimum Gasteiger partial charge on any atom is -0.344 e. The second kappa shape index (κ2) is 6.21. The van der Waals surface area contributed by atoms with Gasteiger partial charge in [-0.3, -0.25) is 4.79 Å². The first kappa shape index (κ1) is 15.4. The lowest BCUT2D eigenvalue weighted by atomic mass is 10.1. The Morgan fingerprint density at radius 3 is 1.88 bits per heavy atom. The van der Waals surface area contributed by atoms with E-state index in [0.29, 0.717) is 6.42 Å². The third kappa shape index (κ3) is 4.94. The second-order valence-electron chi connectivity index (χ2n) is 5.31. The van der Waals surface area contributed by atoms with Gasteiger partial charge in [0.2, 0.25) is 5.91 Å². The van der Waals surface area contributed by atoms with Crippen LogP contribution in [0.3, 0.4) is 0 Å². The zero-order valence-electron chi connectivity index (χ0n) is 11.9. The van der Waals surface area contributed by atoms with E-state index in [4.69, 9.17) is 0 Å². The molecule has 0 radical (unpaired) electrons. The molecular formula is C12H27N3O. The standard InChI is InChI=1S/C12H27N3O/c1-8-11(16)14(7)9-10-15(13(5)6)12(2,3)4/h8-10H2,1-7H3. The summed E-state index contributed by atoms with van der Waals surface area (Å²) in [6.45, 7) is 10.0. The Kier molecular flexibility index (Phi) is 5.97. The molecule has 0 heterocycles. The van der Waals surface area contributed by atoms with Gasteiger partial charge in [0, 0.05) is 46.2 Å². The van der Waals surface area contributed by atoms with Gasteiger partial charge < -0.3 is 4.90 Å². The molecule has 0 aromatic heterocycles. The van der Waals surface area contributed by atoms with Gasteiger partial charge in [0.05, 0.1) is 0 Å². The first-order chi connectivity index (χ1) is 7.20. The van der Waals surface area contributed by atoms with Crippen LogP contribution in [-0.2, 0) is 4.79 Å². The molecule has 16 heavy (non-hydrogen) atoms. The van der Waals surface area contributed by atoms with Crippen molar-refractivity contribution in [1.82, 2.24) is 14.9 Å². The third-order valence-corrected chi connectivity index (χ3v) is 2.63. The highest BCUT2D eigenvalue weighted by Gasteiger charge is 2.23. The number of amides is 1. The molecule has 0 fully saturated rings. The summed E-state index contributed by atoms with van der Waals surface area (Å²) in [4.78, 5) is 13.2. The van der Waals surface area contributed by atoms with Crippen LogP contribution in [0.1, 0.15) is 34.1 Å². The Hall–Kier alpha value is -0.610. The zero-order valence-corrected chi connectivity index (χ0v) is 11.9. The first-order valence-electron chi connectivity index (χ1n) is 5.89. The van der Waals surface area contributed by atoms with Crippen LogP contribution in [0.25, 0.3) is 0 Å². The zero-order chi connectivity index (χ0) is 12.9. The monoisotopic (exact) mass is 229 g/mol. The van der Waals surface area contributed by atoms with Crippen LogP contribution in [-0.4, -0.2) is 60.6 Å². The van der Waals surface area contributed by atoms with Crippen LogP contribution < -0.4 is 0 Å². The second-order valence-corrected chi connectivity index (χ2v) is 5.31. The maximum absolute atomic E-state index is 11.4. The summed E-state index contributed by atoms with van der Waals surface area (Å²) in [5, 5.41) is 4.34. The molecule has 0 unspecified atom stereocenters. The number of hydrazine groups is 1. The first-order valence-corrected chi connectivity index (χ1v) is 5.89. The highest BCUT2D eigenvalue weighted by Crippen LogP contribution is 2.13. The Labute approximate surface area is 100 Å². The van der Waals surface area contributed by atoms with Crippen LogP contribution in [0.15, 0.2) is 0 Å². The van der Waals surface area contributed by atoms with Gasteiger partial charge in [-0.15, -0.1) is 0 Å². The van der Waals surface area contributed by atoms with E-state index in [1.807, 2.05) is 28.1 Å². The molecule has 0 spiro atoms. The van der Waals surface area contributed by atoms with Gasteiger partial charge in [0.1, 0.15) is 0 Å². The molecule has 4 nitrogen and oxygen atoms in total. The number of likely N-dealkylation sites (N-methyl/N-ethyl adjacent to an activating group) is 1. The van der Waals surface area contributed by atoms with E-state index in [2.05, 4.69) is 30.8 Å². The molecule has 4 heteroatoms. The Balaban J connectivity index is 4.29. The van der Waals surface area contributed by atoms with Crippen molar-refractivity contribution in [1.29, 1.82) is 0 Å². The SMILES string of the molecule is CCC(=O)N(C)CCN(N(C)C)C(C)(C)C. The molecule has 0 saturated carbocycles. The van der Waals surface area contributed by atoms with Crippen LogP contribution in [0.5, 0.6) is 0 Å². The van der Waals surface area contributed by atoms with Crippen molar-refractivity contribution >= 4 is 5.91 Å². The summed E-state index contributed by atoms with van der Waals surface area (Å²) in [6, 6.07) is 0. The average Bonchev–Trinajstić information content (AvgIpc) is 2.13. The fraction of sp³-hybridized carbons (Fsp3) is 0.917. The van der Waals surface area contributed by atoms with E-state index >= 15 is 0 Å². The molecule has 0 bridgehead atoms. The van der Waals surface area contributed by atoms with Crippen LogP contribution in [0.2, 0.25) is 0 Å². The molecule has 96 valence electrons. The van der Waals surface area contributed by atoms with Gasteiger partial charge >= 0.3 is 0 Å². The number of nitrogens with zero attached hydrogens (tertiary/aromatic N) is 3. The molecule has 0 aliphatic rings. The van der Waals surface area contributed by atoms with E-state index in [0.717, 1.165) is 13.1 Å². The van der Waals surface area contributed by atoms with Crippen molar-refractivity contribution in [2.24, 2.45) is 0 Å². The number of rotatable bonds is 5. The maximum Gasteiger partial charge on any atom is 0.222 e. The van der Waals surface area contributed by atoms with Crippen LogP contribution in [0.4, 0.5) is 0 Å². The van der Waals surface area contributed by atoms with Crippen molar-refractivity contribution in [3.63, 3.8) is 0 Å². The van der Waals surface area contributed by atoms with Crippen LogP contribution >= 0.6 is 0 Å². The van der Waals surface area contributed by atoms with Crippen molar-refractivity contribution in [3.8, 4) is 0 Å². The third-order valence-electron chi connectivity index (χ3n) is 2.63. The number of hydrogen-bond donors (Lipinski definition) is 0. The summed E-state index contributed by atoms with van der Waals surface area (Å²) in [6.07, 6.45) is 0.577. The van der Waals surface area contributed by atoms with Gasteiger partial charge in [-0.05, 0) is 20.8 Å². The summed E-state index contributed by atoms with van der Waals surface area (Å²) in [5.41, 5.74) is 0.0829. The lowest BCUT2D eigenvalue weighted by Crippen LogP contribution is -2.52. The lowest BCUT2D eigenvalue weighted by Gasteiger charge is -2.40. The van der Waals surface area contributed by atoms with Gasteiger partial charge in [-0.1, -0.05) is 6.92 Å². The summed E-state index contributed by atoms with van der Waals surface area (Å²) >= 11 is 0. The molecule has 0 atom stereocenters. The summed E-state index contributed by atoms with van der Waals surface area (Å²) < 4.78 is 0. The predicted octanol–water partition coefficient (Wildman–Crippen LogP) is 1.43. The van der Waals surface area contributed by atoms with E-state index in [1.165, 1.54) is 0 Å². The molecule has 0 N–H and O–H groups in total. The smallest absolute Gasteiger partial charge is 0.222 e. The number of carbonyl (C=O) groups is 1. The minimum absolute atomic E-state index is 0.0829. The largest absolute Gasteiger partial charge is 0.344 e. The lowest BCUT2D eigenvalue weighted by molar-refractivity contribution is -0.131. The molecule has 0 saturated heterocycles. The molecule has 0 rings (SSSR count). The Morgan fingerprint density at radius 2 is 1.56 bits per heavy atom. The Morgan fingerprint density at radius 1 is 1.06 bits per heavy atom. The molecule has 1 amide bonds. The maximum atomic E-state index is 11.4. The number of hydrogen-bond acceptors (Lipinski definition) is 3. The van der Waals surface area contributed by atoms with Crippen molar-refractivity contribution in [3.05, 3.63) is 0 Å². The topological polar surface area (TPSA) is 26.8 Å². The van der Waals surface area contributed by atoms with Gasteiger partial charge in [-0.2, -0.15) is 0 Å². The van der Waals surface area contributed by atoms with E-state index < -0.39 is 0 Å². The summed E-state index contributed by atoms with van der Waals surface area (Å²) in [5.74, 6) is 0.201. The Bertz CT molecular complexity index is 221. The molecular weight excluding hydrogens is 202 g/mol. The predicted molar refractivity (Wildman–Crippen MR) is 68.1 cm³/mol. The molecule has 0 aromatic rings. The molecule has 0 aromatic carbocycles. The highest BCUT2D eigenvalue weighted by molar-refractivity contribution is 5.75. The van der Waals surface area contributed by atoms with Gasteiger partial charge in [-0.25, -0.2) is 10.0 Å². The van der Waals surface area contributed by atoms with Gasteiger partial charge in [0.25, 0.3) is 0 Å². The normalized spacial score (nSPS) is 12.3. The minimum atomic E-state index is 0.0829. The van der Waals surface area contributed by atoms with E-state index in [-0.39, 0.29) is 11.4 Å². The fourth-order valence-electron chi connectivity index (χ4n) is 1.77.